The molecular weight excluding hydrogens is 270 g/mol. The molecule has 1 aliphatic heterocycles. The molecule has 1 aliphatic carbocycles. The van der Waals surface area contributed by atoms with Gasteiger partial charge in [-0.1, -0.05) is 18.2 Å². The van der Waals surface area contributed by atoms with Crippen molar-refractivity contribution in [2.24, 2.45) is 5.73 Å². The van der Waals surface area contributed by atoms with Crippen LogP contribution in [0, 0.1) is 0 Å². The molecule has 0 amide bonds. The zero-order chi connectivity index (χ0) is 13.1. The van der Waals surface area contributed by atoms with E-state index >= 15 is 0 Å². The third-order valence-corrected chi connectivity index (χ3v) is 7.21. The van der Waals surface area contributed by atoms with Crippen LogP contribution in [0.5, 0.6) is 0 Å². The van der Waals surface area contributed by atoms with E-state index in [-0.39, 0.29) is 6.04 Å². The number of rotatable bonds is 3. The van der Waals surface area contributed by atoms with Crippen LogP contribution >= 0.6 is 23.5 Å². The van der Waals surface area contributed by atoms with Crippen LogP contribution in [-0.2, 0) is 12.8 Å². The summed E-state index contributed by atoms with van der Waals surface area (Å²) in [6, 6.07) is 7.30. The Morgan fingerprint density at radius 2 is 2.00 bits per heavy atom. The zero-order valence-corrected chi connectivity index (χ0v) is 13.1. The molecule has 1 nitrogen and oxygen atoms in total. The number of thioether (sulfide) groups is 2. The highest BCUT2D eigenvalue weighted by atomic mass is 32.2. The fourth-order valence-corrected chi connectivity index (χ4v) is 5.91. The molecule has 0 radical (unpaired) electrons. The average Bonchev–Trinajstić information content (AvgIpc) is 2.46. The largest absolute Gasteiger partial charge is 0.324 e. The van der Waals surface area contributed by atoms with Gasteiger partial charge in [0.1, 0.15) is 0 Å². The summed E-state index contributed by atoms with van der Waals surface area (Å²) in [6.07, 6.45) is 7.58. The van der Waals surface area contributed by atoms with Crippen molar-refractivity contribution in [3.05, 3.63) is 34.9 Å². The van der Waals surface area contributed by atoms with Crippen LogP contribution in [-0.4, -0.2) is 16.1 Å². The first-order valence-corrected chi connectivity index (χ1v) is 9.53. The lowest BCUT2D eigenvalue weighted by Crippen LogP contribution is -2.17. The molecule has 19 heavy (non-hydrogen) atoms. The normalized spacial score (nSPS) is 24.2. The summed E-state index contributed by atoms with van der Waals surface area (Å²) in [6.45, 7) is 0. The minimum Gasteiger partial charge on any atom is -0.324 e. The Labute approximate surface area is 125 Å². The van der Waals surface area contributed by atoms with Crippen molar-refractivity contribution >= 4 is 23.5 Å². The Hall–Kier alpha value is -0.120. The Kier molecular flexibility index (Phi) is 4.78. The third-order valence-electron chi connectivity index (χ3n) is 4.13. The quantitative estimate of drug-likeness (QED) is 0.906. The molecule has 3 heteroatoms. The molecule has 1 aromatic carbocycles. The van der Waals surface area contributed by atoms with Crippen molar-refractivity contribution in [1.29, 1.82) is 0 Å². The van der Waals surface area contributed by atoms with E-state index in [1.807, 2.05) is 0 Å². The van der Waals surface area contributed by atoms with Gasteiger partial charge in [0, 0.05) is 6.04 Å². The lowest BCUT2D eigenvalue weighted by Gasteiger charge is -2.24. The molecule has 0 aromatic heterocycles. The molecule has 1 aromatic rings. The summed E-state index contributed by atoms with van der Waals surface area (Å²) in [7, 11) is 0. The molecule has 1 saturated heterocycles. The van der Waals surface area contributed by atoms with E-state index < -0.39 is 0 Å². The summed E-state index contributed by atoms with van der Waals surface area (Å²) >= 11 is 4.31. The van der Waals surface area contributed by atoms with Gasteiger partial charge >= 0.3 is 0 Å². The van der Waals surface area contributed by atoms with Gasteiger partial charge in [0.2, 0.25) is 0 Å². The summed E-state index contributed by atoms with van der Waals surface area (Å²) in [4.78, 5) is 0. The molecule has 0 bridgehead atoms. The molecule has 3 rings (SSSR count). The molecule has 1 fully saturated rings. The number of nitrogens with two attached hydrogens (primary N) is 1. The second-order valence-electron chi connectivity index (χ2n) is 5.60. The van der Waals surface area contributed by atoms with E-state index in [2.05, 4.69) is 41.7 Å². The van der Waals surface area contributed by atoms with Crippen molar-refractivity contribution < 1.29 is 0 Å². The standard InChI is InChI=1S/C16H23NS2/c17-15-4-1-3-13-11-12(5-7-14(13)15)6-8-16-18-9-2-10-19-16/h5,7,11,15-16H,1-4,6,8-10,17H2. The third kappa shape index (κ3) is 3.50. The molecule has 2 N–H and O–H groups in total. The van der Waals surface area contributed by atoms with E-state index in [0.29, 0.717) is 0 Å². The van der Waals surface area contributed by atoms with Crippen molar-refractivity contribution in [2.75, 3.05) is 11.5 Å². The van der Waals surface area contributed by atoms with Gasteiger partial charge < -0.3 is 5.73 Å². The first-order valence-electron chi connectivity index (χ1n) is 7.43. The number of hydrogen-bond acceptors (Lipinski definition) is 3. The smallest absolute Gasteiger partial charge is 0.0505 e. The SMILES string of the molecule is NC1CCCc2cc(CCC3SCCCS3)ccc21. The van der Waals surface area contributed by atoms with Crippen LogP contribution in [0.1, 0.15) is 48.4 Å². The van der Waals surface area contributed by atoms with E-state index in [4.69, 9.17) is 5.73 Å². The molecule has 2 aliphatic rings. The van der Waals surface area contributed by atoms with Crippen LogP contribution < -0.4 is 5.73 Å². The predicted octanol–water partition coefficient (Wildman–Crippen LogP) is 4.15. The maximum Gasteiger partial charge on any atom is 0.0505 e. The minimum absolute atomic E-state index is 0.280. The van der Waals surface area contributed by atoms with Gasteiger partial charge in [-0.2, -0.15) is 0 Å². The first kappa shape index (κ1) is 13.8. The molecular formula is C16H23NS2. The second kappa shape index (κ2) is 6.55. The van der Waals surface area contributed by atoms with Gasteiger partial charge in [-0.05, 0) is 66.7 Å². The van der Waals surface area contributed by atoms with Crippen LogP contribution in [0.3, 0.4) is 0 Å². The zero-order valence-electron chi connectivity index (χ0n) is 11.4. The van der Waals surface area contributed by atoms with Crippen LogP contribution in [0.2, 0.25) is 0 Å². The highest BCUT2D eigenvalue weighted by Gasteiger charge is 2.18. The van der Waals surface area contributed by atoms with Crippen molar-refractivity contribution in [3.8, 4) is 0 Å². The van der Waals surface area contributed by atoms with Crippen LogP contribution in [0.15, 0.2) is 18.2 Å². The number of aryl methyl sites for hydroxylation is 2. The van der Waals surface area contributed by atoms with Gasteiger partial charge in [-0.25, -0.2) is 0 Å². The molecule has 104 valence electrons. The summed E-state index contributed by atoms with van der Waals surface area (Å²) in [5.74, 6) is 2.72. The van der Waals surface area contributed by atoms with Crippen molar-refractivity contribution in [1.82, 2.24) is 0 Å². The molecule has 1 atom stereocenters. The monoisotopic (exact) mass is 293 g/mol. The number of benzene rings is 1. The second-order valence-corrected chi connectivity index (χ2v) is 8.51. The fraction of sp³-hybridized carbons (Fsp3) is 0.625. The van der Waals surface area contributed by atoms with Crippen molar-refractivity contribution in [2.45, 2.75) is 49.1 Å². The van der Waals surface area contributed by atoms with Crippen LogP contribution in [0.4, 0.5) is 0 Å². The van der Waals surface area contributed by atoms with Crippen LogP contribution in [0.25, 0.3) is 0 Å². The Morgan fingerprint density at radius 1 is 1.16 bits per heavy atom. The lowest BCUT2D eigenvalue weighted by molar-refractivity contribution is 0.569. The van der Waals surface area contributed by atoms with Gasteiger partial charge in [-0.15, -0.1) is 23.5 Å². The predicted molar refractivity (Wildman–Crippen MR) is 88.0 cm³/mol. The molecule has 1 heterocycles. The first-order chi connectivity index (χ1) is 9.33. The molecule has 0 spiro atoms. The highest BCUT2D eigenvalue weighted by Crippen LogP contribution is 2.34. The van der Waals surface area contributed by atoms with E-state index in [1.54, 1.807) is 0 Å². The van der Waals surface area contributed by atoms with Gasteiger partial charge in [0.25, 0.3) is 0 Å². The van der Waals surface area contributed by atoms with Gasteiger partial charge in [0.15, 0.2) is 0 Å². The Bertz CT molecular complexity index is 427. The molecule has 1 unspecified atom stereocenters. The van der Waals surface area contributed by atoms with E-state index in [0.717, 1.165) is 11.0 Å². The van der Waals surface area contributed by atoms with Crippen molar-refractivity contribution in [3.63, 3.8) is 0 Å². The minimum atomic E-state index is 0.280. The van der Waals surface area contributed by atoms with E-state index in [9.17, 15) is 0 Å². The lowest BCUT2D eigenvalue weighted by atomic mass is 9.86. The van der Waals surface area contributed by atoms with Gasteiger partial charge in [-0.3, -0.25) is 0 Å². The maximum atomic E-state index is 6.18. The average molecular weight is 294 g/mol. The number of fused-ring (bicyclic) bond motifs is 1. The Balaban J connectivity index is 1.62. The maximum absolute atomic E-state index is 6.18. The molecule has 0 saturated carbocycles. The summed E-state index contributed by atoms with van der Waals surface area (Å²) < 4.78 is 0.826. The summed E-state index contributed by atoms with van der Waals surface area (Å²) in [5, 5.41) is 0. The Morgan fingerprint density at radius 3 is 2.84 bits per heavy atom. The van der Waals surface area contributed by atoms with Gasteiger partial charge in [0.05, 0.1) is 4.58 Å². The topological polar surface area (TPSA) is 26.0 Å². The summed E-state index contributed by atoms with van der Waals surface area (Å²) in [5.41, 5.74) is 10.6. The fourth-order valence-electron chi connectivity index (χ4n) is 3.05. The van der Waals surface area contributed by atoms with E-state index in [1.165, 1.54) is 60.3 Å². The highest BCUT2D eigenvalue weighted by molar-refractivity contribution is 8.17. The number of hydrogen-bond donors (Lipinski definition) is 1.